The van der Waals surface area contributed by atoms with E-state index in [1.54, 1.807) is 0 Å². The maximum atomic E-state index is 4.57. The normalized spacial score (nSPS) is 11.2. The number of halogens is 1. The summed E-state index contributed by atoms with van der Waals surface area (Å²) in [5.41, 5.74) is 2.09. The number of hydrogen-bond donors (Lipinski definition) is 0. The molecular weight excluding hydrogens is 254 g/mol. The van der Waals surface area contributed by atoms with E-state index in [-0.39, 0.29) is 0 Å². The molecule has 0 aliphatic heterocycles. The summed E-state index contributed by atoms with van der Waals surface area (Å²) in [7, 11) is 0. The van der Waals surface area contributed by atoms with Crippen molar-refractivity contribution in [1.82, 2.24) is 14.5 Å². The number of rotatable bonds is 2. The Labute approximate surface area is 97.7 Å². The number of aryl methyl sites for hydroxylation is 3. The SMILES string of the molecule is CCc1nc(C)c2c(Br)cn(CC)c2n1. The zero-order valence-corrected chi connectivity index (χ0v) is 10.8. The van der Waals surface area contributed by atoms with E-state index in [4.69, 9.17) is 0 Å². The van der Waals surface area contributed by atoms with Gasteiger partial charge in [0.15, 0.2) is 0 Å². The standard InChI is InChI=1S/C11H14BrN3/c1-4-9-13-7(3)10-8(12)6-15(5-2)11(10)14-9/h6H,4-5H2,1-3H3. The molecular formula is C11H14BrN3. The summed E-state index contributed by atoms with van der Waals surface area (Å²) in [6.45, 7) is 7.17. The first-order valence-corrected chi connectivity index (χ1v) is 5.98. The lowest BCUT2D eigenvalue weighted by Gasteiger charge is -2.03. The second-order valence-corrected chi connectivity index (χ2v) is 4.39. The molecule has 0 amide bonds. The Hall–Kier alpha value is -0.900. The molecule has 0 saturated carbocycles. The van der Waals surface area contributed by atoms with Crippen molar-refractivity contribution in [2.24, 2.45) is 0 Å². The molecule has 15 heavy (non-hydrogen) atoms. The van der Waals surface area contributed by atoms with Crippen LogP contribution in [0.25, 0.3) is 11.0 Å². The van der Waals surface area contributed by atoms with E-state index in [2.05, 4.69) is 50.5 Å². The van der Waals surface area contributed by atoms with Crippen LogP contribution in [0.3, 0.4) is 0 Å². The minimum absolute atomic E-state index is 0.878. The molecule has 0 fully saturated rings. The highest BCUT2D eigenvalue weighted by molar-refractivity contribution is 9.10. The minimum Gasteiger partial charge on any atom is -0.332 e. The number of nitrogens with zero attached hydrogens (tertiary/aromatic N) is 3. The van der Waals surface area contributed by atoms with Crippen LogP contribution in [0.1, 0.15) is 25.4 Å². The van der Waals surface area contributed by atoms with Crippen molar-refractivity contribution in [2.75, 3.05) is 0 Å². The predicted octanol–water partition coefficient (Wildman–Crippen LogP) is 3.08. The lowest BCUT2D eigenvalue weighted by Crippen LogP contribution is -2.00. The molecule has 4 heteroatoms. The van der Waals surface area contributed by atoms with Crippen molar-refractivity contribution in [3.8, 4) is 0 Å². The van der Waals surface area contributed by atoms with Gasteiger partial charge in [-0.15, -0.1) is 0 Å². The Kier molecular flexibility index (Phi) is 2.78. The van der Waals surface area contributed by atoms with E-state index >= 15 is 0 Å². The fourth-order valence-corrected chi connectivity index (χ4v) is 2.47. The zero-order chi connectivity index (χ0) is 11.0. The average molecular weight is 268 g/mol. The smallest absolute Gasteiger partial charge is 0.145 e. The molecule has 0 spiro atoms. The zero-order valence-electron chi connectivity index (χ0n) is 9.21. The molecule has 0 unspecified atom stereocenters. The molecule has 2 heterocycles. The van der Waals surface area contributed by atoms with Crippen LogP contribution < -0.4 is 0 Å². The summed E-state index contributed by atoms with van der Waals surface area (Å²) < 4.78 is 3.23. The minimum atomic E-state index is 0.878. The highest BCUT2D eigenvalue weighted by Crippen LogP contribution is 2.27. The van der Waals surface area contributed by atoms with Crippen molar-refractivity contribution in [3.63, 3.8) is 0 Å². The molecule has 0 radical (unpaired) electrons. The van der Waals surface area contributed by atoms with Crippen LogP contribution in [0.4, 0.5) is 0 Å². The third kappa shape index (κ3) is 1.67. The molecule has 2 aromatic rings. The van der Waals surface area contributed by atoms with Gasteiger partial charge in [0.25, 0.3) is 0 Å². The fourth-order valence-electron chi connectivity index (χ4n) is 1.76. The quantitative estimate of drug-likeness (QED) is 0.838. The van der Waals surface area contributed by atoms with Gasteiger partial charge < -0.3 is 4.57 Å². The van der Waals surface area contributed by atoms with Gasteiger partial charge in [-0.3, -0.25) is 0 Å². The van der Waals surface area contributed by atoms with E-state index in [0.29, 0.717) is 0 Å². The summed E-state index contributed by atoms with van der Waals surface area (Å²) in [6, 6.07) is 0. The summed E-state index contributed by atoms with van der Waals surface area (Å²) in [5.74, 6) is 0.917. The van der Waals surface area contributed by atoms with Crippen LogP contribution >= 0.6 is 15.9 Å². The van der Waals surface area contributed by atoms with Gasteiger partial charge in [-0.05, 0) is 29.8 Å². The first-order chi connectivity index (χ1) is 7.17. The van der Waals surface area contributed by atoms with Gasteiger partial charge in [0.05, 0.1) is 11.1 Å². The van der Waals surface area contributed by atoms with Crippen molar-refractivity contribution >= 4 is 27.0 Å². The van der Waals surface area contributed by atoms with E-state index < -0.39 is 0 Å². The second kappa shape index (κ2) is 3.93. The molecule has 0 atom stereocenters. The number of aromatic nitrogens is 3. The summed E-state index contributed by atoms with van der Waals surface area (Å²) in [6.07, 6.45) is 2.95. The predicted molar refractivity (Wildman–Crippen MR) is 65.0 cm³/mol. The Morgan fingerprint density at radius 1 is 1.33 bits per heavy atom. The molecule has 0 saturated heterocycles. The number of hydrogen-bond acceptors (Lipinski definition) is 2. The first kappa shape index (κ1) is 10.6. The lowest BCUT2D eigenvalue weighted by molar-refractivity contribution is 0.778. The summed E-state index contributed by atoms with van der Waals surface area (Å²) >= 11 is 3.55. The van der Waals surface area contributed by atoms with Crippen LogP contribution in [0, 0.1) is 6.92 Å². The molecule has 0 aromatic carbocycles. The van der Waals surface area contributed by atoms with Gasteiger partial charge >= 0.3 is 0 Å². The number of fused-ring (bicyclic) bond motifs is 1. The topological polar surface area (TPSA) is 30.7 Å². The molecule has 0 aliphatic carbocycles. The molecule has 3 nitrogen and oxygen atoms in total. The maximum Gasteiger partial charge on any atom is 0.145 e. The molecule has 2 rings (SSSR count). The monoisotopic (exact) mass is 267 g/mol. The largest absolute Gasteiger partial charge is 0.332 e. The van der Waals surface area contributed by atoms with Crippen molar-refractivity contribution in [3.05, 3.63) is 22.2 Å². The average Bonchev–Trinajstić information content (AvgIpc) is 2.55. The van der Waals surface area contributed by atoms with E-state index in [1.165, 1.54) is 0 Å². The van der Waals surface area contributed by atoms with Crippen LogP contribution in [-0.2, 0) is 13.0 Å². The van der Waals surface area contributed by atoms with Crippen LogP contribution in [0.5, 0.6) is 0 Å². The van der Waals surface area contributed by atoms with E-state index in [0.717, 1.165) is 40.0 Å². The van der Waals surface area contributed by atoms with Gasteiger partial charge in [-0.1, -0.05) is 6.92 Å². The Balaban J connectivity index is 2.81. The third-order valence-electron chi connectivity index (χ3n) is 2.55. The fraction of sp³-hybridized carbons (Fsp3) is 0.455. The summed E-state index contributed by atoms with van der Waals surface area (Å²) in [4.78, 5) is 9.04. The van der Waals surface area contributed by atoms with Crippen LogP contribution in [-0.4, -0.2) is 14.5 Å². The van der Waals surface area contributed by atoms with Crippen LogP contribution in [0.2, 0.25) is 0 Å². The van der Waals surface area contributed by atoms with Gasteiger partial charge in [-0.25, -0.2) is 9.97 Å². The first-order valence-electron chi connectivity index (χ1n) is 5.19. The van der Waals surface area contributed by atoms with Gasteiger partial charge in [0.1, 0.15) is 11.5 Å². The van der Waals surface area contributed by atoms with E-state index in [9.17, 15) is 0 Å². The highest BCUT2D eigenvalue weighted by Gasteiger charge is 2.11. The van der Waals surface area contributed by atoms with Crippen molar-refractivity contribution in [1.29, 1.82) is 0 Å². The van der Waals surface area contributed by atoms with Crippen molar-refractivity contribution < 1.29 is 0 Å². The van der Waals surface area contributed by atoms with Gasteiger partial charge in [0, 0.05) is 23.6 Å². The Morgan fingerprint density at radius 2 is 2.07 bits per heavy atom. The maximum absolute atomic E-state index is 4.57. The second-order valence-electron chi connectivity index (χ2n) is 3.54. The molecule has 2 aromatic heterocycles. The van der Waals surface area contributed by atoms with Crippen LogP contribution in [0.15, 0.2) is 10.7 Å². The van der Waals surface area contributed by atoms with E-state index in [1.807, 2.05) is 6.92 Å². The molecule has 0 N–H and O–H groups in total. The molecule has 0 aliphatic rings. The molecule has 80 valence electrons. The van der Waals surface area contributed by atoms with Crippen molar-refractivity contribution in [2.45, 2.75) is 33.7 Å². The summed E-state index contributed by atoms with van der Waals surface area (Å²) in [5, 5.41) is 1.13. The molecule has 0 bridgehead atoms. The highest BCUT2D eigenvalue weighted by atomic mass is 79.9. The Bertz CT molecular complexity index is 502. The van der Waals surface area contributed by atoms with Gasteiger partial charge in [0.2, 0.25) is 0 Å². The lowest BCUT2D eigenvalue weighted by atomic mass is 10.3. The Morgan fingerprint density at radius 3 is 2.67 bits per heavy atom. The third-order valence-corrected chi connectivity index (χ3v) is 3.16. The van der Waals surface area contributed by atoms with Gasteiger partial charge in [-0.2, -0.15) is 0 Å².